The lowest BCUT2D eigenvalue weighted by Crippen LogP contribution is -2.31. The molecule has 1 atom stereocenters. The third-order valence-corrected chi connectivity index (χ3v) is 4.86. The smallest absolute Gasteiger partial charge is 0.274 e. The highest BCUT2D eigenvalue weighted by atomic mass is 35.5. The molecule has 2 aromatic rings. The van der Waals surface area contributed by atoms with Crippen molar-refractivity contribution in [1.29, 1.82) is 0 Å². The number of rotatable bonds is 4. The monoisotopic (exact) mass is 335 g/mol. The number of aromatic amines is 1. The predicted molar refractivity (Wildman–Crippen MR) is 88.5 cm³/mol. The molecule has 1 aliphatic heterocycles. The van der Waals surface area contributed by atoms with Crippen LogP contribution in [0.15, 0.2) is 6.07 Å². The summed E-state index contributed by atoms with van der Waals surface area (Å²) >= 11 is 6.40. The minimum atomic E-state index is -0.0366. The van der Waals surface area contributed by atoms with E-state index >= 15 is 0 Å². The third kappa shape index (κ3) is 2.87. The fourth-order valence-corrected chi connectivity index (χ4v) is 3.65. The lowest BCUT2D eigenvalue weighted by Gasteiger charge is -2.24. The van der Waals surface area contributed by atoms with Gasteiger partial charge in [-0.15, -0.1) is 0 Å². The molecule has 0 saturated carbocycles. The van der Waals surface area contributed by atoms with Gasteiger partial charge in [0.25, 0.3) is 5.91 Å². The molecule has 1 saturated heterocycles. The second-order valence-electron chi connectivity index (χ2n) is 6.10. The summed E-state index contributed by atoms with van der Waals surface area (Å²) in [6.07, 6.45) is 3.79. The highest BCUT2D eigenvalue weighted by Gasteiger charge is 2.35. The normalized spacial score (nSPS) is 17.9. The molecular weight excluding hydrogens is 314 g/mol. The van der Waals surface area contributed by atoms with Crippen molar-refractivity contribution in [1.82, 2.24) is 24.9 Å². The summed E-state index contributed by atoms with van der Waals surface area (Å²) in [7, 11) is 1.82. The summed E-state index contributed by atoms with van der Waals surface area (Å²) in [5, 5.41) is 12.1. The van der Waals surface area contributed by atoms with Crippen LogP contribution < -0.4 is 0 Å². The van der Waals surface area contributed by atoms with Crippen molar-refractivity contribution in [3.05, 3.63) is 33.9 Å². The first-order valence-electron chi connectivity index (χ1n) is 8.07. The molecule has 2 aromatic heterocycles. The van der Waals surface area contributed by atoms with Crippen LogP contribution in [-0.2, 0) is 13.5 Å². The van der Waals surface area contributed by atoms with E-state index < -0.39 is 0 Å². The molecule has 23 heavy (non-hydrogen) atoms. The Morgan fingerprint density at radius 2 is 2.30 bits per heavy atom. The summed E-state index contributed by atoms with van der Waals surface area (Å²) in [4.78, 5) is 14.7. The number of nitrogens with one attached hydrogen (secondary N) is 1. The number of hydrogen-bond acceptors (Lipinski definition) is 3. The van der Waals surface area contributed by atoms with Gasteiger partial charge in [0.2, 0.25) is 0 Å². The van der Waals surface area contributed by atoms with Crippen LogP contribution in [0.4, 0.5) is 0 Å². The van der Waals surface area contributed by atoms with E-state index in [9.17, 15) is 4.79 Å². The van der Waals surface area contributed by atoms with Gasteiger partial charge in [-0.25, -0.2) is 0 Å². The van der Waals surface area contributed by atoms with E-state index in [1.54, 1.807) is 4.68 Å². The first kappa shape index (κ1) is 16.1. The molecule has 1 aliphatic rings. The maximum absolute atomic E-state index is 12.9. The van der Waals surface area contributed by atoms with Gasteiger partial charge in [0.05, 0.1) is 11.7 Å². The van der Waals surface area contributed by atoms with E-state index in [0.29, 0.717) is 10.8 Å². The molecule has 0 spiro atoms. The van der Waals surface area contributed by atoms with Crippen LogP contribution in [0.2, 0.25) is 5.15 Å². The highest BCUT2D eigenvalue weighted by Crippen LogP contribution is 2.38. The number of H-pyrrole nitrogens is 1. The Morgan fingerprint density at radius 3 is 2.96 bits per heavy atom. The van der Waals surface area contributed by atoms with Crippen molar-refractivity contribution in [2.75, 3.05) is 6.54 Å². The number of nitrogens with zero attached hydrogens (tertiary/aromatic N) is 4. The van der Waals surface area contributed by atoms with Gasteiger partial charge in [-0.1, -0.05) is 24.9 Å². The topological polar surface area (TPSA) is 66.8 Å². The summed E-state index contributed by atoms with van der Waals surface area (Å²) in [5.41, 5.74) is 3.33. The first-order valence-corrected chi connectivity index (χ1v) is 8.45. The van der Waals surface area contributed by atoms with Gasteiger partial charge in [-0.05, 0) is 32.3 Å². The number of halogens is 1. The van der Waals surface area contributed by atoms with E-state index in [4.69, 9.17) is 11.6 Å². The molecule has 1 amide bonds. The number of hydrogen-bond donors (Lipinski definition) is 1. The second-order valence-corrected chi connectivity index (χ2v) is 6.46. The maximum Gasteiger partial charge on any atom is 0.274 e. The largest absolute Gasteiger partial charge is 0.330 e. The number of aryl methyl sites for hydroxylation is 3. The summed E-state index contributed by atoms with van der Waals surface area (Å²) in [6.45, 7) is 4.77. The molecule has 124 valence electrons. The average molecular weight is 336 g/mol. The number of carbonyl (C=O) groups is 1. The van der Waals surface area contributed by atoms with Crippen LogP contribution in [0.1, 0.15) is 59.7 Å². The SMILES string of the molecule is CCCc1cc(C(=O)N2CCCC2c2c(C)nn(C)c2Cl)n[nH]1. The van der Waals surface area contributed by atoms with Crippen LogP contribution >= 0.6 is 11.6 Å². The number of likely N-dealkylation sites (tertiary alicyclic amines) is 1. The maximum atomic E-state index is 12.9. The Bertz CT molecular complexity index is 720. The van der Waals surface area contributed by atoms with Crippen LogP contribution in [0.3, 0.4) is 0 Å². The molecule has 1 unspecified atom stereocenters. The van der Waals surface area contributed by atoms with E-state index in [0.717, 1.165) is 49.2 Å². The summed E-state index contributed by atoms with van der Waals surface area (Å²) in [5.74, 6) is -0.0366. The van der Waals surface area contributed by atoms with Crippen LogP contribution in [-0.4, -0.2) is 37.3 Å². The Labute approximate surface area is 140 Å². The molecule has 0 bridgehead atoms. The molecule has 0 aromatic carbocycles. The standard InChI is InChI=1S/C16H22ClN5O/c1-4-6-11-9-12(19-18-11)16(23)22-8-5-7-13(22)14-10(2)20-21(3)15(14)17/h9,13H,4-8H2,1-3H3,(H,18,19). The fraction of sp³-hybridized carbons (Fsp3) is 0.562. The molecule has 7 heteroatoms. The molecular formula is C16H22ClN5O. The molecule has 1 fully saturated rings. The van der Waals surface area contributed by atoms with Gasteiger partial charge < -0.3 is 4.90 Å². The lowest BCUT2D eigenvalue weighted by molar-refractivity contribution is 0.0729. The number of carbonyl (C=O) groups excluding carboxylic acids is 1. The molecule has 0 aliphatic carbocycles. The molecule has 3 rings (SSSR count). The minimum Gasteiger partial charge on any atom is -0.330 e. The van der Waals surface area contributed by atoms with Gasteiger partial charge in [0.15, 0.2) is 0 Å². The van der Waals surface area contributed by atoms with Gasteiger partial charge in [0, 0.05) is 24.8 Å². The van der Waals surface area contributed by atoms with Crippen molar-refractivity contribution in [2.24, 2.45) is 7.05 Å². The van der Waals surface area contributed by atoms with Gasteiger partial charge in [-0.2, -0.15) is 10.2 Å². The van der Waals surface area contributed by atoms with Crippen molar-refractivity contribution < 1.29 is 4.79 Å². The Balaban J connectivity index is 1.87. The van der Waals surface area contributed by atoms with Gasteiger partial charge in [-0.3, -0.25) is 14.6 Å². The number of aromatic nitrogens is 4. The fourth-order valence-electron chi connectivity index (χ4n) is 3.35. The zero-order valence-electron chi connectivity index (χ0n) is 13.8. The van der Waals surface area contributed by atoms with Gasteiger partial charge >= 0.3 is 0 Å². The average Bonchev–Trinajstić information content (AvgIpc) is 3.20. The van der Waals surface area contributed by atoms with Crippen molar-refractivity contribution in [3.63, 3.8) is 0 Å². The highest BCUT2D eigenvalue weighted by molar-refractivity contribution is 6.30. The molecule has 6 nitrogen and oxygen atoms in total. The van der Waals surface area contributed by atoms with E-state index in [2.05, 4.69) is 22.2 Å². The van der Waals surface area contributed by atoms with Crippen LogP contribution in [0, 0.1) is 6.92 Å². The predicted octanol–water partition coefficient (Wildman–Crippen LogP) is 3.03. The minimum absolute atomic E-state index is 0.0185. The quantitative estimate of drug-likeness (QED) is 0.933. The van der Waals surface area contributed by atoms with E-state index in [-0.39, 0.29) is 11.9 Å². The van der Waals surface area contributed by atoms with Gasteiger partial charge in [0.1, 0.15) is 10.8 Å². The Kier molecular flexibility index (Phi) is 4.43. The van der Waals surface area contributed by atoms with Crippen molar-refractivity contribution in [2.45, 2.75) is 45.6 Å². The zero-order valence-corrected chi connectivity index (χ0v) is 14.5. The Hall–Kier alpha value is -1.82. The van der Waals surface area contributed by atoms with E-state index in [1.165, 1.54) is 0 Å². The van der Waals surface area contributed by atoms with E-state index in [1.807, 2.05) is 24.9 Å². The molecule has 0 radical (unpaired) electrons. The third-order valence-electron chi connectivity index (χ3n) is 4.41. The van der Waals surface area contributed by atoms with Crippen molar-refractivity contribution in [3.8, 4) is 0 Å². The lowest BCUT2D eigenvalue weighted by atomic mass is 10.1. The first-order chi connectivity index (χ1) is 11.0. The van der Waals surface area contributed by atoms with Crippen molar-refractivity contribution >= 4 is 17.5 Å². The summed E-state index contributed by atoms with van der Waals surface area (Å²) in [6, 6.07) is 1.84. The molecule has 1 N–H and O–H groups in total. The number of amides is 1. The summed E-state index contributed by atoms with van der Waals surface area (Å²) < 4.78 is 1.67. The zero-order chi connectivity index (χ0) is 16.6. The molecule has 3 heterocycles. The van der Waals surface area contributed by atoms with Crippen LogP contribution in [0.5, 0.6) is 0 Å². The Morgan fingerprint density at radius 1 is 1.52 bits per heavy atom. The van der Waals surface area contributed by atoms with Crippen LogP contribution in [0.25, 0.3) is 0 Å². The second kappa shape index (κ2) is 6.35.